The van der Waals surface area contributed by atoms with Crippen molar-refractivity contribution in [3.05, 3.63) is 88.5 Å². The van der Waals surface area contributed by atoms with E-state index in [1.165, 1.54) is 4.90 Å². The van der Waals surface area contributed by atoms with Gasteiger partial charge in [-0.25, -0.2) is 4.98 Å². The fraction of sp³-hybridized carbons (Fsp3) is 0.281. The molecular formula is C32H32N4O4. The highest BCUT2D eigenvalue weighted by molar-refractivity contribution is 6.51. The minimum atomic E-state index is -0.874. The zero-order valence-electron chi connectivity index (χ0n) is 23.3. The second kappa shape index (κ2) is 9.26. The van der Waals surface area contributed by atoms with E-state index in [4.69, 9.17) is 4.74 Å². The van der Waals surface area contributed by atoms with Crippen LogP contribution in [0.15, 0.2) is 66.2 Å². The Morgan fingerprint density at radius 3 is 2.52 bits per heavy atom. The molecule has 2 N–H and O–H groups in total. The topological polar surface area (TPSA) is 98.8 Å². The van der Waals surface area contributed by atoms with Gasteiger partial charge in [-0.05, 0) is 59.4 Å². The minimum Gasteiger partial charge on any atom is -0.507 e. The first-order valence-corrected chi connectivity index (χ1v) is 13.4. The van der Waals surface area contributed by atoms with Crippen molar-refractivity contribution >= 4 is 40.1 Å². The van der Waals surface area contributed by atoms with Gasteiger partial charge in [0.1, 0.15) is 18.1 Å². The molecule has 2 aliphatic rings. The number of rotatable bonds is 3. The summed E-state index contributed by atoms with van der Waals surface area (Å²) in [5.41, 5.74) is 5.49. The number of ether oxygens (including phenoxy) is 1. The Morgan fingerprint density at radius 1 is 1.05 bits per heavy atom. The van der Waals surface area contributed by atoms with Crippen LogP contribution >= 0.6 is 0 Å². The Labute approximate surface area is 232 Å². The Morgan fingerprint density at radius 2 is 1.80 bits per heavy atom. The van der Waals surface area contributed by atoms with Crippen LogP contribution in [0.5, 0.6) is 5.75 Å². The quantitative estimate of drug-likeness (QED) is 0.200. The summed E-state index contributed by atoms with van der Waals surface area (Å²) in [5.74, 6) is -0.788. The summed E-state index contributed by atoms with van der Waals surface area (Å²) in [6.45, 7) is 9.63. The highest BCUT2D eigenvalue weighted by atomic mass is 16.5. The fourth-order valence-electron chi connectivity index (χ4n) is 5.41. The van der Waals surface area contributed by atoms with Gasteiger partial charge in [-0.1, -0.05) is 51.1 Å². The lowest BCUT2D eigenvalue weighted by Crippen LogP contribution is -2.30. The number of aliphatic hydroxyl groups excluding tert-OH is 1. The molecule has 8 heteroatoms. The van der Waals surface area contributed by atoms with Crippen LogP contribution < -0.4 is 14.5 Å². The van der Waals surface area contributed by atoms with Crippen molar-refractivity contribution in [1.29, 1.82) is 0 Å². The molecule has 0 saturated carbocycles. The van der Waals surface area contributed by atoms with E-state index < -0.39 is 17.7 Å². The molecule has 0 radical (unpaired) electrons. The van der Waals surface area contributed by atoms with Gasteiger partial charge in [0.15, 0.2) is 0 Å². The number of ketones is 1. The summed E-state index contributed by atoms with van der Waals surface area (Å²) < 4.78 is 5.75. The standard InChI is InChI=1S/C32H32N4O4/c1-18-6-12-22-23(16-18)34-31(33-22)36-27(19-7-10-21(11-8-19)32(2,3)4)26(29(38)30(36)39)28(37)20-9-13-25-24(17-20)35(5)14-15-40-25/h6-13,16-17,27,37H,14-15H2,1-5H3,(H,33,34)/b28-26+. The summed E-state index contributed by atoms with van der Waals surface area (Å²) in [6, 6.07) is 18.0. The molecule has 1 unspecified atom stereocenters. The zero-order valence-corrected chi connectivity index (χ0v) is 23.3. The number of nitrogens with one attached hydrogen (secondary N) is 1. The smallest absolute Gasteiger partial charge is 0.302 e. The number of aromatic nitrogens is 2. The number of anilines is 2. The highest BCUT2D eigenvalue weighted by Crippen LogP contribution is 2.43. The summed E-state index contributed by atoms with van der Waals surface area (Å²) >= 11 is 0. The molecule has 3 aromatic carbocycles. The molecule has 1 atom stereocenters. The molecule has 0 aliphatic carbocycles. The maximum Gasteiger partial charge on any atom is 0.302 e. The third kappa shape index (κ3) is 4.20. The van der Waals surface area contributed by atoms with E-state index in [2.05, 4.69) is 30.7 Å². The predicted octanol–water partition coefficient (Wildman–Crippen LogP) is 5.62. The van der Waals surface area contributed by atoms with Crippen LogP contribution in [0.2, 0.25) is 0 Å². The number of nitrogens with zero attached hydrogens (tertiary/aromatic N) is 3. The van der Waals surface area contributed by atoms with Crippen LogP contribution in [0.3, 0.4) is 0 Å². The maximum absolute atomic E-state index is 13.7. The first-order chi connectivity index (χ1) is 19.0. The number of carbonyl (C=O) groups excluding carboxylic acids is 2. The first kappa shape index (κ1) is 25.7. The van der Waals surface area contributed by atoms with Crippen LogP contribution in [-0.4, -0.2) is 47.0 Å². The second-order valence-electron chi connectivity index (χ2n) is 11.6. The average molecular weight is 537 g/mol. The Kier molecular flexibility index (Phi) is 5.94. The van der Waals surface area contributed by atoms with Gasteiger partial charge in [0.25, 0.3) is 5.78 Å². The molecule has 1 aromatic heterocycles. The van der Waals surface area contributed by atoms with E-state index >= 15 is 0 Å². The highest BCUT2D eigenvalue weighted by Gasteiger charge is 2.48. The minimum absolute atomic E-state index is 0.0180. The van der Waals surface area contributed by atoms with Gasteiger partial charge in [-0.15, -0.1) is 0 Å². The molecule has 0 bridgehead atoms. The third-order valence-corrected chi connectivity index (χ3v) is 7.72. The molecular weight excluding hydrogens is 504 g/mol. The Hall–Kier alpha value is -4.59. The van der Waals surface area contributed by atoms with Crippen LogP contribution in [0, 0.1) is 6.92 Å². The van der Waals surface area contributed by atoms with Crippen LogP contribution in [0.1, 0.15) is 49.1 Å². The summed E-state index contributed by atoms with van der Waals surface area (Å²) in [7, 11) is 1.95. The van der Waals surface area contributed by atoms with E-state index in [1.807, 2.05) is 61.3 Å². The fourth-order valence-corrected chi connectivity index (χ4v) is 5.41. The molecule has 1 fully saturated rings. The molecule has 4 aromatic rings. The monoisotopic (exact) mass is 536 g/mol. The molecule has 0 spiro atoms. The largest absolute Gasteiger partial charge is 0.507 e. The summed E-state index contributed by atoms with van der Waals surface area (Å²) in [5, 5.41) is 11.6. The van der Waals surface area contributed by atoms with Crippen molar-refractivity contribution in [2.45, 2.75) is 39.2 Å². The molecule has 1 amide bonds. The summed E-state index contributed by atoms with van der Waals surface area (Å²) in [6.07, 6.45) is 0. The van der Waals surface area contributed by atoms with Crippen molar-refractivity contribution in [3.63, 3.8) is 0 Å². The number of hydrogen-bond acceptors (Lipinski definition) is 6. The number of Topliss-reactive ketones (excluding diaryl/α,β-unsaturated/α-hetero) is 1. The molecule has 1 saturated heterocycles. The van der Waals surface area contributed by atoms with Crippen molar-refractivity contribution in [2.24, 2.45) is 0 Å². The molecule has 2 aliphatic heterocycles. The van der Waals surface area contributed by atoms with E-state index in [9.17, 15) is 14.7 Å². The first-order valence-electron chi connectivity index (χ1n) is 13.4. The average Bonchev–Trinajstić information content (AvgIpc) is 3.45. The molecule has 40 heavy (non-hydrogen) atoms. The van der Waals surface area contributed by atoms with Gasteiger partial charge in [-0.2, -0.15) is 0 Å². The van der Waals surface area contributed by atoms with Gasteiger partial charge in [0, 0.05) is 12.6 Å². The predicted molar refractivity (Wildman–Crippen MR) is 156 cm³/mol. The maximum atomic E-state index is 13.7. The SMILES string of the molecule is Cc1ccc2nc(N3C(=O)C(=O)/C(=C(/O)c4ccc5c(c4)N(C)CCO5)C3c3ccc(C(C)(C)C)cc3)[nH]c2c1. The van der Waals surface area contributed by atoms with Crippen LogP contribution in [0.4, 0.5) is 11.6 Å². The number of carbonyl (C=O) groups is 2. The van der Waals surface area contributed by atoms with Crippen molar-refractivity contribution in [2.75, 3.05) is 30.0 Å². The summed E-state index contributed by atoms with van der Waals surface area (Å²) in [4.78, 5) is 38.6. The Bertz CT molecular complexity index is 1690. The Balaban J connectivity index is 1.54. The third-order valence-electron chi connectivity index (χ3n) is 7.72. The second-order valence-corrected chi connectivity index (χ2v) is 11.6. The van der Waals surface area contributed by atoms with Crippen molar-refractivity contribution in [1.82, 2.24) is 9.97 Å². The van der Waals surface area contributed by atoms with Crippen molar-refractivity contribution in [3.8, 4) is 5.75 Å². The van der Waals surface area contributed by atoms with E-state index in [0.29, 0.717) is 35.5 Å². The molecule has 3 heterocycles. The van der Waals surface area contributed by atoms with E-state index in [1.54, 1.807) is 18.2 Å². The number of amides is 1. The molecule has 6 rings (SSSR count). The lowest BCUT2D eigenvalue weighted by molar-refractivity contribution is -0.132. The number of benzene rings is 3. The van der Waals surface area contributed by atoms with Crippen LogP contribution in [0.25, 0.3) is 16.8 Å². The number of aromatic amines is 1. The van der Waals surface area contributed by atoms with Crippen molar-refractivity contribution < 1.29 is 19.4 Å². The lowest BCUT2D eigenvalue weighted by Gasteiger charge is -2.28. The van der Waals surface area contributed by atoms with Gasteiger partial charge in [0.2, 0.25) is 5.95 Å². The molecule has 204 valence electrons. The van der Waals surface area contributed by atoms with Gasteiger partial charge in [0.05, 0.1) is 34.9 Å². The van der Waals surface area contributed by atoms with E-state index in [0.717, 1.165) is 22.3 Å². The number of aryl methyl sites for hydroxylation is 1. The zero-order chi connectivity index (χ0) is 28.3. The lowest BCUT2D eigenvalue weighted by atomic mass is 9.85. The van der Waals surface area contributed by atoms with Gasteiger partial charge in [-0.3, -0.25) is 14.5 Å². The number of imidazole rings is 1. The number of H-pyrrole nitrogens is 1. The number of aliphatic hydroxyl groups is 1. The van der Waals surface area contributed by atoms with Crippen LogP contribution in [-0.2, 0) is 15.0 Å². The normalized spacial score (nSPS) is 18.8. The van der Waals surface area contributed by atoms with Gasteiger partial charge < -0.3 is 19.7 Å². The van der Waals surface area contributed by atoms with Gasteiger partial charge >= 0.3 is 5.91 Å². The van der Waals surface area contributed by atoms with E-state index in [-0.39, 0.29) is 22.7 Å². The number of likely N-dealkylation sites (N-methyl/N-ethyl adjacent to an activating group) is 1. The number of hydrogen-bond donors (Lipinski definition) is 2. The number of fused-ring (bicyclic) bond motifs is 2. The molecule has 8 nitrogen and oxygen atoms in total.